The maximum atomic E-state index is 4.95. The Morgan fingerprint density at radius 1 is 1.19 bits per heavy atom. The van der Waals surface area contributed by atoms with Crippen LogP contribution in [-0.2, 0) is 5.41 Å². The first-order valence-electron chi connectivity index (χ1n) is 9.19. The Bertz CT molecular complexity index is 696. The molecule has 2 aromatic rings. The minimum Gasteiger partial charge on any atom is -0.357 e. The van der Waals surface area contributed by atoms with Gasteiger partial charge in [0.1, 0.15) is 0 Å². The molecule has 0 radical (unpaired) electrons. The molecule has 6 nitrogen and oxygen atoms in total. The molecule has 27 heavy (non-hydrogen) atoms. The number of thiophene rings is 1. The average molecular weight is 500 g/mol. The molecule has 0 spiro atoms. The molecule has 1 aliphatic heterocycles. The number of nitrogens with zero attached hydrogens (tertiary/aromatic N) is 5. The van der Waals surface area contributed by atoms with E-state index < -0.39 is 0 Å². The first-order chi connectivity index (χ1) is 12.6. The van der Waals surface area contributed by atoms with E-state index in [-0.39, 0.29) is 29.4 Å². The van der Waals surface area contributed by atoms with Crippen LogP contribution in [0, 0.1) is 0 Å². The van der Waals surface area contributed by atoms with E-state index in [2.05, 4.69) is 63.4 Å². The lowest BCUT2D eigenvalue weighted by Gasteiger charge is -2.36. The Morgan fingerprint density at radius 3 is 2.48 bits per heavy atom. The normalized spacial score (nSPS) is 15.4. The second-order valence-electron chi connectivity index (χ2n) is 7.05. The number of halogens is 1. The second-order valence-corrected chi connectivity index (χ2v) is 8.00. The van der Waals surface area contributed by atoms with Gasteiger partial charge in [-0.15, -0.1) is 35.3 Å². The van der Waals surface area contributed by atoms with Crippen LogP contribution in [-0.4, -0.2) is 60.1 Å². The molecule has 0 aromatic carbocycles. The lowest BCUT2D eigenvalue weighted by atomic mass is 9.92. The molecular formula is C19H29IN6S. The number of aliphatic imine (C=N–C) groups is 1. The monoisotopic (exact) mass is 500 g/mol. The molecule has 1 N–H and O–H groups in total. The van der Waals surface area contributed by atoms with Gasteiger partial charge in [0.15, 0.2) is 5.96 Å². The number of nitrogens with one attached hydrogen (secondary N) is 1. The van der Waals surface area contributed by atoms with Crippen molar-refractivity contribution in [1.29, 1.82) is 0 Å². The van der Waals surface area contributed by atoms with Crippen molar-refractivity contribution in [2.75, 3.05) is 44.2 Å². The maximum absolute atomic E-state index is 4.95. The fourth-order valence-electron chi connectivity index (χ4n) is 3.01. The molecular weight excluding hydrogens is 471 g/mol. The van der Waals surface area contributed by atoms with Crippen molar-refractivity contribution in [3.8, 4) is 0 Å². The molecule has 148 valence electrons. The summed E-state index contributed by atoms with van der Waals surface area (Å²) in [7, 11) is 0. The quantitative estimate of drug-likeness (QED) is 0.388. The molecule has 0 amide bonds. The van der Waals surface area contributed by atoms with Crippen molar-refractivity contribution >= 4 is 47.2 Å². The number of guanidine groups is 1. The van der Waals surface area contributed by atoms with Crippen molar-refractivity contribution < 1.29 is 0 Å². The summed E-state index contributed by atoms with van der Waals surface area (Å²) in [5.41, 5.74) is 0.0501. The smallest absolute Gasteiger partial charge is 0.225 e. The first kappa shape index (κ1) is 21.9. The van der Waals surface area contributed by atoms with Gasteiger partial charge in [0.2, 0.25) is 5.95 Å². The molecule has 8 heteroatoms. The van der Waals surface area contributed by atoms with Gasteiger partial charge in [-0.1, -0.05) is 19.9 Å². The maximum Gasteiger partial charge on any atom is 0.225 e. The van der Waals surface area contributed by atoms with Gasteiger partial charge >= 0.3 is 0 Å². The van der Waals surface area contributed by atoms with E-state index in [1.54, 1.807) is 23.7 Å². The summed E-state index contributed by atoms with van der Waals surface area (Å²) < 4.78 is 0. The van der Waals surface area contributed by atoms with Crippen molar-refractivity contribution in [1.82, 2.24) is 20.2 Å². The van der Waals surface area contributed by atoms with E-state index in [0.717, 1.165) is 51.2 Å². The van der Waals surface area contributed by atoms with Gasteiger partial charge in [-0.2, -0.15) is 0 Å². The Balaban J connectivity index is 0.00000261. The summed E-state index contributed by atoms with van der Waals surface area (Å²) in [5.74, 6) is 1.82. The highest BCUT2D eigenvalue weighted by Crippen LogP contribution is 2.27. The summed E-state index contributed by atoms with van der Waals surface area (Å²) >= 11 is 1.80. The Hall–Kier alpha value is -1.42. The Kier molecular flexibility index (Phi) is 8.28. The summed E-state index contributed by atoms with van der Waals surface area (Å²) in [6.07, 6.45) is 3.60. The fourth-order valence-corrected chi connectivity index (χ4v) is 3.86. The third-order valence-electron chi connectivity index (χ3n) is 4.56. The van der Waals surface area contributed by atoms with Crippen LogP contribution >= 0.6 is 35.3 Å². The minimum atomic E-state index is 0. The average Bonchev–Trinajstić information content (AvgIpc) is 3.22. The van der Waals surface area contributed by atoms with E-state index in [0.29, 0.717) is 0 Å². The van der Waals surface area contributed by atoms with Crippen LogP contribution in [0.15, 0.2) is 41.0 Å². The molecule has 1 aliphatic rings. The van der Waals surface area contributed by atoms with Crippen LogP contribution in [0.2, 0.25) is 0 Å². The number of anilines is 1. The van der Waals surface area contributed by atoms with Crippen LogP contribution in [0.1, 0.15) is 25.6 Å². The van der Waals surface area contributed by atoms with E-state index in [9.17, 15) is 0 Å². The third-order valence-corrected chi connectivity index (χ3v) is 5.80. The largest absolute Gasteiger partial charge is 0.357 e. The second kappa shape index (κ2) is 10.2. The Labute approximate surface area is 183 Å². The molecule has 0 bridgehead atoms. The minimum absolute atomic E-state index is 0. The van der Waals surface area contributed by atoms with Crippen LogP contribution in [0.3, 0.4) is 0 Å². The fraction of sp³-hybridized carbons (Fsp3) is 0.526. The highest BCUT2D eigenvalue weighted by molar-refractivity contribution is 14.0. The molecule has 3 rings (SSSR count). The van der Waals surface area contributed by atoms with Crippen LogP contribution in [0.5, 0.6) is 0 Å². The van der Waals surface area contributed by atoms with E-state index in [4.69, 9.17) is 4.99 Å². The Morgan fingerprint density at radius 2 is 1.89 bits per heavy atom. The number of hydrogen-bond acceptors (Lipinski definition) is 5. The van der Waals surface area contributed by atoms with Crippen molar-refractivity contribution in [3.63, 3.8) is 0 Å². The summed E-state index contributed by atoms with van der Waals surface area (Å²) in [6.45, 7) is 11.9. The molecule has 0 aliphatic carbocycles. The molecule has 0 atom stereocenters. The van der Waals surface area contributed by atoms with Gasteiger partial charge in [0.25, 0.3) is 0 Å². The lowest BCUT2D eigenvalue weighted by molar-refractivity contribution is 0.368. The van der Waals surface area contributed by atoms with E-state index in [1.807, 2.05) is 6.07 Å². The molecule has 0 saturated carbocycles. The van der Waals surface area contributed by atoms with Crippen LogP contribution < -0.4 is 10.2 Å². The standard InChI is InChI=1S/C19H28N6S.HI/c1-4-20-17(23-15-19(2,3)16-7-5-14-26-16)24-10-12-25(13-11-24)18-21-8-6-9-22-18;/h5-9,14H,4,10-13,15H2,1-3H3,(H,20,23);1H. The highest BCUT2D eigenvalue weighted by atomic mass is 127. The lowest BCUT2D eigenvalue weighted by Crippen LogP contribution is -2.53. The van der Waals surface area contributed by atoms with E-state index in [1.165, 1.54) is 4.88 Å². The number of hydrogen-bond donors (Lipinski definition) is 1. The van der Waals surface area contributed by atoms with Gasteiger partial charge in [0, 0.05) is 55.4 Å². The molecule has 1 saturated heterocycles. The van der Waals surface area contributed by atoms with Gasteiger partial charge in [-0.25, -0.2) is 9.97 Å². The number of rotatable bonds is 5. The van der Waals surface area contributed by atoms with Crippen molar-refractivity contribution in [2.45, 2.75) is 26.2 Å². The van der Waals surface area contributed by atoms with E-state index >= 15 is 0 Å². The zero-order chi connectivity index (χ0) is 18.4. The van der Waals surface area contributed by atoms with Gasteiger partial charge in [-0.05, 0) is 24.4 Å². The van der Waals surface area contributed by atoms with Crippen LogP contribution in [0.25, 0.3) is 0 Å². The highest BCUT2D eigenvalue weighted by Gasteiger charge is 2.24. The molecule has 0 unspecified atom stereocenters. The topological polar surface area (TPSA) is 56.7 Å². The zero-order valence-corrected chi connectivity index (χ0v) is 19.4. The summed E-state index contributed by atoms with van der Waals surface area (Å²) in [4.78, 5) is 19.6. The first-order valence-corrected chi connectivity index (χ1v) is 10.1. The summed E-state index contributed by atoms with van der Waals surface area (Å²) in [5, 5.41) is 5.59. The predicted octanol–water partition coefficient (Wildman–Crippen LogP) is 3.22. The molecule has 2 aromatic heterocycles. The number of piperazine rings is 1. The summed E-state index contributed by atoms with van der Waals surface area (Å²) in [6, 6.07) is 6.16. The molecule has 1 fully saturated rings. The van der Waals surface area contributed by atoms with Crippen LogP contribution in [0.4, 0.5) is 5.95 Å². The third kappa shape index (κ3) is 5.78. The SMILES string of the molecule is CCNC(=NCC(C)(C)c1cccs1)N1CCN(c2ncccn2)CC1.I. The van der Waals surface area contributed by atoms with Crippen molar-refractivity contribution in [2.24, 2.45) is 4.99 Å². The van der Waals surface area contributed by atoms with Gasteiger partial charge in [0.05, 0.1) is 6.54 Å². The zero-order valence-electron chi connectivity index (χ0n) is 16.3. The van der Waals surface area contributed by atoms with Crippen molar-refractivity contribution in [3.05, 3.63) is 40.8 Å². The molecule has 3 heterocycles. The number of aromatic nitrogens is 2. The van der Waals surface area contributed by atoms with Gasteiger partial charge in [-0.3, -0.25) is 4.99 Å². The predicted molar refractivity (Wildman–Crippen MR) is 125 cm³/mol. The van der Waals surface area contributed by atoms with Gasteiger partial charge < -0.3 is 15.1 Å².